The molecular weight excluding hydrogens is 284 g/mol. The van der Waals surface area contributed by atoms with Gasteiger partial charge in [0.25, 0.3) is 0 Å². The van der Waals surface area contributed by atoms with Gasteiger partial charge >= 0.3 is 0 Å². The zero-order chi connectivity index (χ0) is 16.8. The van der Waals surface area contributed by atoms with Gasteiger partial charge in [-0.25, -0.2) is 0 Å². The van der Waals surface area contributed by atoms with E-state index in [2.05, 4.69) is 67.1 Å². The summed E-state index contributed by atoms with van der Waals surface area (Å²) in [5.74, 6) is 0.247. The van der Waals surface area contributed by atoms with Crippen LogP contribution in [0.1, 0.15) is 25.8 Å². The standard InChI is InChI=1S/C20H28N2O/c1-16(2)17(3)22(23)15-14-18-10-8-9-13-20(18)21(4)19-11-6-5-7-12-19/h5-11,13,16,19,23H,3,12,14-15H2,1-2,4H3. The van der Waals surface area contributed by atoms with Crippen LogP contribution >= 0.6 is 0 Å². The smallest absolute Gasteiger partial charge is 0.0507 e. The molecule has 1 aliphatic rings. The number of likely N-dealkylation sites (N-methyl/N-ethyl adjacent to an activating group) is 1. The van der Waals surface area contributed by atoms with Crippen molar-refractivity contribution in [3.8, 4) is 0 Å². The van der Waals surface area contributed by atoms with Crippen LogP contribution in [0.25, 0.3) is 0 Å². The minimum absolute atomic E-state index is 0.247. The van der Waals surface area contributed by atoms with Gasteiger partial charge < -0.3 is 4.90 Å². The predicted molar refractivity (Wildman–Crippen MR) is 97.7 cm³/mol. The maximum atomic E-state index is 10.1. The molecule has 1 N–H and O–H groups in total. The summed E-state index contributed by atoms with van der Waals surface area (Å²) >= 11 is 0. The molecule has 0 radical (unpaired) electrons. The number of benzene rings is 1. The van der Waals surface area contributed by atoms with Gasteiger partial charge in [-0.3, -0.25) is 10.3 Å². The number of hydrogen-bond acceptors (Lipinski definition) is 3. The molecule has 1 atom stereocenters. The van der Waals surface area contributed by atoms with Crippen molar-refractivity contribution in [2.24, 2.45) is 5.92 Å². The minimum Gasteiger partial charge on any atom is -0.368 e. The molecule has 0 saturated carbocycles. The maximum absolute atomic E-state index is 10.1. The second-order valence-electron chi connectivity index (χ2n) is 6.37. The van der Waals surface area contributed by atoms with Crippen molar-refractivity contribution in [1.82, 2.24) is 5.06 Å². The zero-order valence-electron chi connectivity index (χ0n) is 14.4. The van der Waals surface area contributed by atoms with Gasteiger partial charge in [0.2, 0.25) is 0 Å². The molecule has 0 spiro atoms. The van der Waals surface area contributed by atoms with E-state index in [4.69, 9.17) is 0 Å². The first-order valence-electron chi connectivity index (χ1n) is 8.30. The number of hydrogen-bond donors (Lipinski definition) is 1. The molecule has 0 aliphatic heterocycles. The first-order chi connectivity index (χ1) is 11.0. The van der Waals surface area contributed by atoms with E-state index in [1.807, 2.05) is 13.8 Å². The lowest BCUT2D eigenvalue weighted by molar-refractivity contribution is -0.0616. The van der Waals surface area contributed by atoms with Crippen LogP contribution in [-0.4, -0.2) is 29.9 Å². The Kier molecular flexibility index (Phi) is 6.05. The van der Waals surface area contributed by atoms with Gasteiger partial charge in [0.05, 0.1) is 6.04 Å². The summed E-state index contributed by atoms with van der Waals surface area (Å²) in [6.07, 6.45) is 10.4. The van der Waals surface area contributed by atoms with Gasteiger partial charge in [-0.1, -0.05) is 62.9 Å². The summed E-state index contributed by atoms with van der Waals surface area (Å²) in [4.78, 5) is 2.31. The van der Waals surface area contributed by atoms with Crippen molar-refractivity contribution in [3.05, 3.63) is 66.4 Å². The van der Waals surface area contributed by atoms with E-state index >= 15 is 0 Å². The number of hydroxylamine groups is 2. The molecule has 0 fully saturated rings. The average Bonchev–Trinajstić information content (AvgIpc) is 2.59. The summed E-state index contributed by atoms with van der Waals surface area (Å²) in [5.41, 5.74) is 3.23. The maximum Gasteiger partial charge on any atom is 0.0507 e. The summed E-state index contributed by atoms with van der Waals surface area (Å²) in [5, 5.41) is 11.4. The van der Waals surface area contributed by atoms with Crippen LogP contribution in [0.3, 0.4) is 0 Å². The molecule has 0 aromatic heterocycles. The normalized spacial score (nSPS) is 16.7. The van der Waals surface area contributed by atoms with E-state index in [1.165, 1.54) is 16.3 Å². The molecule has 0 saturated heterocycles. The summed E-state index contributed by atoms with van der Waals surface area (Å²) < 4.78 is 0. The molecule has 0 heterocycles. The number of anilines is 1. The average molecular weight is 312 g/mol. The Morgan fingerprint density at radius 3 is 2.70 bits per heavy atom. The Bertz CT molecular complexity index is 589. The van der Waals surface area contributed by atoms with Gasteiger partial charge in [0, 0.05) is 25.0 Å². The zero-order valence-corrected chi connectivity index (χ0v) is 14.4. The number of para-hydroxylation sites is 1. The molecule has 3 heteroatoms. The third-order valence-corrected chi connectivity index (χ3v) is 4.42. The lowest BCUT2D eigenvalue weighted by Crippen LogP contribution is -2.31. The van der Waals surface area contributed by atoms with Gasteiger partial charge in [-0.15, -0.1) is 0 Å². The lowest BCUT2D eigenvalue weighted by atomic mass is 10.0. The van der Waals surface area contributed by atoms with E-state index in [0.29, 0.717) is 12.6 Å². The summed E-state index contributed by atoms with van der Waals surface area (Å²) in [6.45, 7) is 8.58. The molecule has 124 valence electrons. The van der Waals surface area contributed by atoms with Crippen LogP contribution in [0.2, 0.25) is 0 Å². The van der Waals surface area contributed by atoms with Crippen molar-refractivity contribution in [1.29, 1.82) is 0 Å². The van der Waals surface area contributed by atoms with E-state index in [-0.39, 0.29) is 5.92 Å². The number of rotatable bonds is 7. The Labute approximate surface area is 140 Å². The molecular formula is C20H28N2O. The van der Waals surface area contributed by atoms with Crippen LogP contribution < -0.4 is 4.90 Å². The topological polar surface area (TPSA) is 26.7 Å². The van der Waals surface area contributed by atoms with Crippen molar-refractivity contribution < 1.29 is 5.21 Å². The Morgan fingerprint density at radius 2 is 2.04 bits per heavy atom. The Balaban J connectivity index is 2.07. The lowest BCUT2D eigenvalue weighted by Gasteiger charge is -2.30. The number of nitrogens with zero attached hydrogens (tertiary/aromatic N) is 2. The largest absolute Gasteiger partial charge is 0.368 e. The van der Waals surface area contributed by atoms with Crippen molar-refractivity contribution >= 4 is 5.69 Å². The van der Waals surface area contributed by atoms with Gasteiger partial charge in [-0.2, -0.15) is 0 Å². The molecule has 0 amide bonds. The fraction of sp³-hybridized carbons (Fsp3) is 0.400. The van der Waals surface area contributed by atoms with E-state index < -0.39 is 0 Å². The second kappa shape index (κ2) is 8.02. The van der Waals surface area contributed by atoms with Crippen molar-refractivity contribution in [2.45, 2.75) is 32.7 Å². The third kappa shape index (κ3) is 4.49. The molecule has 1 unspecified atom stereocenters. The van der Waals surface area contributed by atoms with E-state index in [1.54, 1.807) is 0 Å². The molecule has 1 aromatic rings. The Hall–Kier alpha value is -2.00. The monoisotopic (exact) mass is 312 g/mol. The van der Waals surface area contributed by atoms with Crippen LogP contribution in [0.5, 0.6) is 0 Å². The van der Waals surface area contributed by atoms with Gasteiger partial charge in [0.1, 0.15) is 0 Å². The third-order valence-electron chi connectivity index (χ3n) is 4.42. The highest BCUT2D eigenvalue weighted by molar-refractivity contribution is 5.55. The molecule has 1 aliphatic carbocycles. The highest BCUT2D eigenvalue weighted by atomic mass is 16.5. The first kappa shape index (κ1) is 17.4. The van der Waals surface area contributed by atoms with Gasteiger partial charge in [0.15, 0.2) is 0 Å². The van der Waals surface area contributed by atoms with E-state index in [9.17, 15) is 5.21 Å². The van der Waals surface area contributed by atoms with E-state index in [0.717, 1.165) is 18.5 Å². The fourth-order valence-electron chi connectivity index (χ4n) is 2.77. The quantitative estimate of drug-likeness (QED) is 0.755. The highest BCUT2D eigenvalue weighted by Gasteiger charge is 2.16. The first-order valence-corrected chi connectivity index (χ1v) is 8.30. The molecule has 3 nitrogen and oxygen atoms in total. The Morgan fingerprint density at radius 1 is 1.30 bits per heavy atom. The van der Waals surface area contributed by atoms with Crippen molar-refractivity contribution in [3.63, 3.8) is 0 Å². The predicted octanol–water partition coefficient (Wildman–Crippen LogP) is 4.41. The minimum atomic E-state index is 0.247. The van der Waals surface area contributed by atoms with Gasteiger partial charge in [-0.05, 0) is 30.4 Å². The van der Waals surface area contributed by atoms with Crippen LogP contribution in [-0.2, 0) is 6.42 Å². The summed E-state index contributed by atoms with van der Waals surface area (Å²) in [7, 11) is 2.14. The van der Waals surface area contributed by atoms with Crippen LogP contribution in [0.4, 0.5) is 5.69 Å². The highest BCUT2D eigenvalue weighted by Crippen LogP contribution is 2.25. The second-order valence-corrected chi connectivity index (χ2v) is 6.37. The van der Waals surface area contributed by atoms with Crippen LogP contribution in [0, 0.1) is 5.92 Å². The van der Waals surface area contributed by atoms with Crippen molar-refractivity contribution in [2.75, 3.05) is 18.5 Å². The molecule has 2 rings (SSSR count). The molecule has 1 aromatic carbocycles. The van der Waals surface area contributed by atoms with Crippen LogP contribution in [0.15, 0.2) is 60.8 Å². The number of allylic oxidation sites excluding steroid dienone is 3. The fourth-order valence-corrected chi connectivity index (χ4v) is 2.77. The SMILES string of the molecule is C=C(C(C)C)N(O)CCc1ccccc1N(C)C1C=CC=CC1. The summed E-state index contributed by atoms with van der Waals surface area (Å²) in [6, 6.07) is 8.81. The molecule has 0 bridgehead atoms. The molecule has 23 heavy (non-hydrogen) atoms.